The van der Waals surface area contributed by atoms with Crippen molar-refractivity contribution in [3.05, 3.63) is 29.3 Å². The van der Waals surface area contributed by atoms with Crippen molar-refractivity contribution < 1.29 is 19.5 Å². The number of rotatable bonds is 2. The number of thioether (sulfide) groups is 1. The molecule has 5 nitrogen and oxygen atoms in total. The number of carbonyl (C=O) groups is 3. The zero-order valence-corrected chi connectivity index (χ0v) is 10.5. The second-order valence-corrected chi connectivity index (χ2v) is 4.91. The van der Waals surface area contributed by atoms with Crippen LogP contribution in [0.15, 0.2) is 18.2 Å². The van der Waals surface area contributed by atoms with Crippen LogP contribution in [0.25, 0.3) is 0 Å². The third-order valence-electron chi connectivity index (χ3n) is 2.65. The van der Waals surface area contributed by atoms with Crippen molar-refractivity contribution in [2.45, 2.75) is 6.92 Å². The van der Waals surface area contributed by atoms with Crippen LogP contribution in [-0.2, 0) is 9.59 Å². The Morgan fingerprint density at radius 3 is 2.44 bits per heavy atom. The van der Waals surface area contributed by atoms with Gasteiger partial charge in [0, 0.05) is 0 Å². The summed E-state index contributed by atoms with van der Waals surface area (Å²) in [5.74, 6) is -1.21. The molecule has 1 aliphatic heterocycles. The molecule has 0 spiro atoms. The van der Waals surface area contributed by atoms with Crippen LogP contribution >= 0.6 is 11.8 Å². The summed E-state index contributed by atoms with van der Waals surface area (Å²) < 4.78 is 0. The molecule has 1 heterocycles. The molecule has 18 heavy (non-hydrogen) atoms. The molecule has 1 aliphatic rings. The van der Waals surface area contributed by atoms with Crippen LogP contribution < -0.4 is 4.90 Å². The van der Waals surface area contributed by atoms with E-state index >= 15 is 0 Å². The van der Waals surface area contributed by atoms with E-state index < -0.39 is 5.97 Å². The van der Waals surface area contributed by atoms with Gasteiger partial charge in [0.1, 0.15) is 0 Å². The molecule has 0 radical (unpaired) electrons. The maximum Gasteiger partial charge on any atom is 0.335 e. The number of carbonyl (C=O) groups excluding carboxylic acids is 2. The normalized spacial score (nSPS) is 15.9. The van der Waals surface area contributed by atoms with Crippen molar-refractivity contribution in [2.75, 3.05) is 16.4 Å². The largest absolute Gasteiger partial charge is 0.478 e. The quantitative estimate of drug-likeness (QED) is 0.816. The van der Waals surface area contributed by atoms with Crippen LogP contribution in [0.1, 0.15) is 15.9 Å². The third kappa shape index (κ3) is 2.24. The maximum atomic E-state index is 11.8. The second-order valence-electron chi connectivity index (χ2n) is 3.92. The van der Waals surface area contributed by atoms with Crippen LogP contribution in [0.3, 0.4) is 0 Å². The van der Waals surface area contributed by atoms with E-state index in [0.29, 0.717) is 11.3 Å². The molecule has 0 unspecified atom stereocenters. The lowest BCUT2D eigenvalue weighted by Gasteiger charge is -2.26. The molecule has 0 aromatic heterocycles. The van der Waals surface area contributed by atoms with Gasteiger partial charge in [-0.3, -0.25) is 9.59 Å². The lowest BCUT2D eigenvalue weighted by molar-refractivity contribution is -0.124. The summed E-state index contributed by atoms with van der Waals surface area (Å²) in [5.41, 5.74) is 1.13. The van der Waals surface area contributed by atoms with Gasteiger partial charge in [-0.2, -0.15) is 0 Å². The SMILES string of the molecule is Cc1ccc(C(=O)O)cc1N1C(=O)CSCC1=O. The van der Waals surface area contributed by atoms with E-state index in [4.69, 9.17) is 5.11 Å². The number of imide groups is 1. The van der Waals surface area contributed by atoms with E-state index in [-0.39, 0.29) is 28.9 Å². The van der Waals surface area contributed by atoms with Gasteiger partial charge >= 0.3 is 5.97 Å². The fourth-order valence-electron chi connectivity index (χ4n) is 1.75. The van der Waals surface area contributed by atoms with Crippen molar-refractivity contribution in [2.24, 2.45) is 0 Å². The number of carboxylic acid groups (broad SMARTS) is 1. The zero-order chi connectivity index (χ0) is 13.3. The molecule has 0 atom stereocenters. The van der Waals surface area contributed by atoms with Gasteiger partial charge in [0.2, 0.25) is 11.8 Å². The van der Waals surface area contributed by atoms with Crippen LogP contribution in [0, 0.1) is 6.92 Å². The number of anilines is 1. The predicted octanol–water partition coefficient (Wildman–Crippen LogP) is 1.30. The summed E-state index contributed by atoms with van der Waals surface area (Å²) in [7, 11) is 0. The zero-order valence-electron chi connectivity index (χ0n) is 9.67. The Morgan fingerprint density at radius 1 is 1.28 bits per heavy atom. The number of hydrogen-bond donors (Lipinski definition) is 1. The minimum absolute atomic E-state index is 0.0643. The molecule has 2 rings (SSSR count). The van der Waals surface area contributed by atoms with E-state index in [1.54, 1.807) is 13.0 Å². The van der Waals surface area contributed by atoms with Gasteiger partial charge in [0.05, 0.1) is 22.8 Å². The molecule has 0 bridgehead atoms. The summed E-state index contributed by atoms with van der Waals surface area (Å²) in [6.07, 6.45) is 0. The van der Waals surface area contributed by atoms with Gasteiger partial charge in [-0.1, -0.05) is 6.07 Å². The Balaban J connectivity index is 2.48. The van der Waals surface area contributed by atoms with Crippen molar-refractivity contribution in [1.82, 2.24) is 0 Å². The molecule has 1 aromatic carbocycles. The fourth-order valence-corrected chi connectivity index (χ4v) is 2.46. The van der Waals surface area contributed by atoms with Gasteiger partial charge in [0.25, 0.3) is 0 Å². The Hall–Kier alpha value is -1.82. The maximum absolute atomic E-state index is 11.8. The first kappa shape index (κ1) is 12.6. The number of benzene rings is 1. The number of carboxylic acids is 1. The lowest BCUT2D eigenvalue weighted by Crippen LogP contribution is -2.43. The first-order valence-corrected chi connectivity index (χ1v) is 6.43. The van der Waals surface area contributed by atoms with E-state index in [0.717, 1.165) is 4.90 Å². The highest BCUT2D eigenvalue weighted by atomic mass is 32.2. The number of aromatic carboxylic acids is 1. The Kier molecular flexibility index (Phi) is 3.38. The van der Waals surface area contributed by atoms with E-state index in [1.807, 2.05) is 0 Å². The standard InChI is InChI=1S/C12H11NO4S/c1-7-2-3-8(12(16)17)4-9(7)13-10(14)5-18-6-11(13)15/h2-4H,5-6H2,1H3,(H,16,17). The molecule has 1 aromatic rings. The fraction of sp³-hybridized carbons (Fsp3) is 0.250. The summed E-state index contributed by atoms with van der Waals surface area (Å²) in [6, 6.07) is 4.42. The first-order chi connectivity index (χ1) is 8.50. The van der Waals surface area contributed by atoms with Gasteiger partial charge in [-0.25, -0.2) is 9.69 Å². The lowest BCUT2D eigenvalue weighted by atomic mass is 10.1. The molecular formula is C12H11NO4S. The van der Waals surface area contributed by atoms with Gasteiger partial charge < -0.3 is 5.11 Å². The molecule has 0 aliphatic carbocycles. The second kappa shape index (κ2) is 4.81. The summed E-state index contributed by atoms with van der Waals surface area (Å²) in [5, 5.41) is 8.94. The Labute approximate surface area is 108 Å². The monoisotopic (exact) mass is 265 g/mol. The first-order valence-electron chi connectivity index (χ1n) is 5.28. The number of hydrogen-bond acceptors (Lipinski definition) is 4. The minimum Gasteiger partial charge on any atom is -0.478 e. The van der Waals surface area contributed by atoms with Crippen LogP contribution in [0.2, 0.25) is 0 Å². The summed E-state index contributed by atoms with van der Waals surface area (Å²) in [4.78, 5) is 35.6. The molecule has 2 amide bonds. The van der Waals surface area contributed by atoms with Crippen molar-refractivity contribution in [3.63, 3.8) is 0 Å². The molecule has 1 N–H and O–H groups in total. The Bertz CT molecular complexity index is 525. The smallest absolute Gasteiger partial charge is 0.335 e. The van der Waals surface area contributed by atoms with Crippen molar-refractivity contribution in [3.8, 4) is 0 Å². The topological polar surface area (TPSA) is 74.7 Å². The molecule has 1 saturated heterocycles. The van der Waals surface area contributed by atoms with Crippen LogP contribution in [-0.4, -0.2) is 34.4 Å². The molecule has 1 fully saturated rings. The van der Waals surface area contributed by atoms with Crippen molar-refractivity contribution in [1.29, 1.82) is 0 Å². The third-order valence-corrected chi connectivity index (χ3v) is 3.55. The van der Waals surface area contributed by atoms with Gasteiger partial charge in [-0.05, 0) is 24.6 Å². The predicted molar refractivity (Wildman–Crippen MR) is 68.0 cm³/mol. The number of aryl methyl sites for hydroxylation is 1. The number of nitrogens with zero attached hydrogens (tertiary/aromatic N) is 1. The number of amides is 2. The van der Waals surface area contributed by atoms with E-state index in [2.05, 4.69) is 0 Å². The molecule has 94 valence electrons. The molecule has 0 saturated carbocycles. The van der Waals surface area contributed by atoms with E-state index in [9.17, 15) is 14.4 Å². The van der Waals surface area contributed by atoms with E-state index in [1.165, 1.54) is 23.9 Å². The van der Waals surface area contributed by atoms with Crippen molar-refractivity contribution >= 4 is 35.2 Å². The van der Waals surface area contributed by atoms with Gasteiger partial charge in [-0.15, -0.1) is 11.8 Å². The van der Waals surface area contributed by atoms with Crippen LogP contribution in [0.4, 0.5) is 5.69 Å². The Morgan fingerprint density at radius 2 is 1.89 bits per heavy atom. The average Bonchev–Trinajstić information content (AvgIpc) is 2.30. The highest BCUT2D eigenvalue weighted by Crippen LogP contribution is 2.26. The average molecular weight is 265 g/mol. The molecular weight excluding hydrogens is 254 g/mol. The minimum atomic E-state index is -1.08. The van der Waals surface area contributed by atoms with Crippen LogP contribution in [0.5, 0.6) is 0 Å². The summed E-state index contributed by atoms with van der Waals surface area (Å²) >= 11 is 1.27. The van der Waals surface area contributed by atoms with Gasteiger partial charge in [0.15, 0.2) is 0 Å². The summed E-state index contributed by atoms with van der Waals surface area (Å²) in [6.45, 7) is 1.74. The molecule has 6 heteroatoms. The highest BCUT2D eigenvalue weighted by molar-refractivity contribution is 8.00. The highest BCUT2D eigenvalue weighted by Gasteiger charge is 2.29.